The summed E-state index contributed by atoms with van der Waals surface area (Å²) < 4.78 is 0. The van der Waals surface area contributed by atoms with Crippen molar-refractivity contribution in [3.8, 4) is 0 Å². The highest BCUT2D eigenvalue weighted by Crippen LogP contribution is 2.30. The fourth-order valence-electron chi connectivity index (χ4n) is 2.38. The Bertz CT molecular complexity index is 299. The van der Waals surface area contributed by atoms with Gasteiger partial charge < -0.3 is 4.90 Å². The lowest BCUT2D eigenvalue weighted by Gasteiger charge is -2.36. The lowest BCUT2D eigenvalue weighted by atomic mass is 9.86. The fraction of sp³-hybridized carbons (Fsp3) is 0.538. The van der Waals surface area contributed by atoms with E-state index in [0.717, 1.165) is 12.4 Å². The van der Waals surface area contributed by atoms with Crippen LogP contribution in [0.2, 0.25) is 0 Å². The monoisotopic (exact) mass is 223 g/mol. The minimum absolute atomic E-state index is 0.547. The van der Waals surface area contributed by atoms with E-state index in [2.05, 4.69) is 42.3 Å². The summed E-state index contributed by atoms with van der Waals surface area (Å²) >= 11 is 5.99. The molecule has 0 N–H and O–H groups in total. The zero-order valence-corrected chi connectivity index (χ0v) is 9.95. The van der Waals surface area contributed by atoms with E-state index in [1.807, 2.05) is 0 Å². The standard InChI is InChI=1S/C13H18ClN/c1-15-8-7-12(9-13(15)10-14)11-5-3-2-4-6-11/h2-6,12-13H,7-10H2,1H3/t12-,13+/m0/s1. The van der Waals surface area contributed by atoms with Gasteiger partial charge in [-0.15, -0.1) is 11.6 Å². The number of halogens is 1. The molecule has 1 saturated heterocycles. The minimum atomic E-state index is 0.547. The summed E-state index contributed by atoms with van der Waals surface area (Å²) in [5.74, 6) is 1.45. The van der Waals surface area contributed by atoms with Gasteiger partial charge in [-0.1, -0.05) is 30.3 Å². The van der Waals surface area contributed by atoms with Gasteiger partial charge in [-0.2, -0.15) is 0 Å². The largest absolute Gasteiger partial charge is 0.302 e. The van der Waals surface area contributed by atoms with Gasteiger partial charge in [0.2, 0.25) is 0 Å². The number of hydrogen-bond donors (Lipinski definition) is 0. The van der Waals surface area contributed by atoms with Crippen LogP contribution in [0.25, 0.3) is 0 Å². The van der Waals surface area contributed by atoms with E-state index in [0.29, 0.717) is 12.0 Å². The predicted molar refractivity (Wildman–Crippen MR) is 65.6 cm³/mol. The van der Waals surface area contributed by atoms with Crippen molar-refractivity contribution < 1.29 is 0 Å². The van der Waals surface area contributed by atoms with Gasteiger partial charge in [-0.05, 0) is 37.9 Å². The predicted octanol–water partition coefficient (Wildman–Crippen LogP) is 3.10. The SMILES string of the molecule is CN1CC[C@H](c2ccccc2)C[C@@H]1CCl. The maximum atomic E-state index is 5.99. The fourth-order valence-corrected chi connectivity index (χ4v) is 2.74. The summed E-state index contributed by atoms with van der Waals surface area (Å²) in [5.41, 5.74) is 1.47. The highest BCUT2D eigenvalue weighted by molar-refractivity contribution is 6.18. The number of alkyl halides is 1. The smallest absolute Gasteiger partial charge is 0.0379 e. The van der Waals surface area contributed by atoms with Crippen molar-refractivity contribution >= 4 is 11.6 Å². The first-order valence-electron chi connectivity index (χ1n) is 5.62. The lowest BCUT2D eigenvalue weighted by molar-refractivity contribution is 0.185. The molecule has 2 heteroatoms. The Morgan fingerprint density at radius 2 is 2.07 bits per heavy atom. The summed E-state index contributed by atoms with van der Waals surface area (Å²) in [7, 11) is 2.17. The third kappa shape index (κ3) is 2.53. The van der Waals surface area contributed by atoms with Crippen molar-refractivity contribution in [2.24, 2.45) is 0 Å². The molecule has 1 heterocycles. The topological polar surface area (TPSA) is 3.24 Å². The maximum absolute atomic E-state index is 5.99. The van der Waals surface area contributed by atoms with Crippen LogP contribution in [0.4, 0.5) is 0 Å². The molecule has 0 amide bonds. The summed E-state index contributed by atoms with van der Waals surface area (Å²) in [6, 6.07) is 11.4. The molecule has 0 spiro atoms. The average molecular weight is 224 g/mol. The van der Waals surface area contributed by atoms with Gasteiger partial charge in [-0.3, -0.25) is 0 Å². The van der Waals surface area contributed by atoms with Gasteiger partial charge in [0.1, 0.15) is 0 Å². The zero-order chi connectivity index (χ0) is 10.7. The van der Waals surface area contributed by atoms with Crippen molar-refractivity contribution in [2.45, 2.75) is 24.8 Å². The number of benzene rings is 1. The molecule has 1 fully saturated rings. The van der Waals surface area contributed by atoms with Crippen molar-refractivity contribution in [3.63, 3.8) is 0 Å². The first-order chi connectivity index (χ1) is 7.31. The van der Waals surface area contributed by atoms with E-state index in [9.17, 15) is 0 Å². The molecule has 0 bridgehead atoms. The Hall–Kier alpha value is -0.530. The highest BCUT2D eigenvalue weighted by atomic mass is 35.5. The van der Waals surface area contributed by atoms with Crippen LogP contribution in [0, 0.1) is 0 Å². The van der Waals surface area contributed by atoms with E-state index >= 15 is 0 Å². The molecule has 2 atom stereocenters. The molecule has 0 aliphatic carbocycles. The van der Waals surface area contributed by atoms with E-state index in [4.69, 9.17) is 11.6 Å². The van der Waals surface area contributed by atoms with Gasteiger partial charge in [0.15, 0.2) is 0 Å². The second kappa shape index (κ2) is 5.00. The Labute approximate surface area is 97.0 Å². The molecule has 1 aromatic rings. The number of rotatable bonds is 2. The Morgan fingerprint density at radius 1 is 1.33 bits per heavy atom. The van der Waals surface area contributed by atoms with Gasteiger partial charge >= 0.3 is 0 Å². The third-order valence-electron chi connectivity index (χ3n) is 3.46. The van der Waals surface area contributed by atoms with Crippen LogP contribution in [0.1, 0.15) is 24.3 Å². The van der Waals surface area contributed by atoms with Crippen LogP contribution in [0.15, 0.2) is 30.3 Å². The number of nitrogens with zero attached hydrogens (tertiary/aromatic N) is 1. The van der Waals surface area contributed by atoms with Crippen LogP contribution in [-0.4, -0.2) is 30.4 Å². The molecule has 15 heavy (non-hydrogen) atoms. The summed E-state index contributed by atoms with van der Waals surface area (Å²) in [6.45, 7) is 1.16. The normalized spacial score (nSPS) is 27.9. The van der Waals surface area contributed by atoms with Crippen molar-refractivity contribution in [2.75, 3.05) is 19.5 Å². The summed E-state index contributed by atoms with van der Waals surface area (Å²) in [5, 5.41) is 0. The number of likely N-dealkylation sites (tertiary alicyclic amines) is 1. The average Bonchev–Trinajstić information content (AvgIpc) is 2.31. The number of hydrogen-bond acceptors (Lipinski definition) is 1. The number of piperidine rings is 1. The molecule has 1 aromatic carbocycles. The maximum Gasteiger partial charge on any atom is 0.0379 e. The van der Waals surface area contributed by atoms with Crippen LogP contribution in [0.5, 0.6) is 0 Å². The van der Waals surface area contributed by atoms with E-state index < -0.39 is 0 Å². The molecule has 82 valence electrons. The van der Waals surface area contributed by atoms with Gasteiger partial charge in [0, 0.05) is 11.9 Å². The molecule has 0 unspecified atom stereocenters. The summed E-state index contributed by atoms with van der Waals surface area (Å²) in [6.07, 6.45) is 2.46. The molecular formula is C13H18ClN. The van der Waals surface area contributed by atoms with Crippen molar-refractivity contribution in [1.29, 1.82) is 0 Å². The van der Waals surface area contributed by atoms with Gasteiger partial charge in [0.25, 0.3) is 0 Å². The molecule has 1 nitrogen and oxygen atoms in total. The minimum Gasteiger partial charge on any atom is -0.302 e. The van der Waals surface area contributed by atoms with Gasteiger partial charge in [-0.25, -0.2) is 0 Å². The molecular weight excluding hydrogens is 206 g/mol. The van der Waals surface area contributed by atoms with Crippen LogP contribution < -0.4 is 0 Å². The quantitative estimate of drug-likeness (QED) is 0.697. The van der Waals surface area contributed by atoms with Crippen LogP contribution >= 0.6 is 11.6 Å². The second-order valence-corrected chi connectivity index (χ2v) is 4.73. The van der Waals surface area contributed by atoms with Crippen LogP contribution in [-0.2, 0) is 0 Å². The summed E-state index contributed by atoms with van der Waals surface area (Å²) in [4.78, 5) is 2.38. The Kier molecular flexibility index (Phi) is 3.66. The van der Waals surface area contributed by atoms with Crippen molar-refractivity contribution in [3.05, 3.63) is 35.9 Å². The first kappa shape index (κ1) is 11.0. The van der Waals surface area contributed by atoms with Crippen LogP contribution in [0.3, 0.4) is 0 Å². The molecule has 0 aromatic heterocycles. The third-order valence-corrected chi connectivity index (χ3v) is 3.82. The van der Waals surface area contributed by atoms with Gasteiger partial charge in [0.05, 0.1) is 0 Å². The molecule has 1 aliphatic heterocycles. The Morgan fingerprint density at radius 3 is 2.73 bits per heavy atom. The van der Waals surface area contributed by atoms with E-state index in [1.165, 1.54) is 18.4 Å². The molecule has 0 saturated carbocycles. The first-order valence-corrected chi connectivity index (χ1v) is 6.16. The van der Waals surface area contributed by atoms with E-state index in [1.54, 1.807) is 0 Å². The zero-order valence-electron chi connectivity index (χ0n) is 9.20. The highest BCUT2D eigenvalue weighted by Gasteiger charge is 2.25. The molecule has 1 aliphatic rings. The second-order valence-electron chi connectivity index (χ2n) is 4.42. The van der Waals surface area contributed by atoms with Crippen molar-refractivity contribution in [1.82, 2.24) is 4.90 Å². The Balaban J connectivity index is 2.06. The van der Waals surface area contributed by atoms with E-state index in [-0.39, 0.29) is 0 Å². The molecule has 0 radical (unpaired) electrons. The molecule has 2 rings (SSSR count). The lowest BCUT2D eigenvalue weighted by Crippen LogP contribution is -2.40.